The monoisotopic (exact) mass is 361 g/mol. The van der Waals surface area contributed by atoms with E-state index in [0.717, 1.165) is 29.2 Å². The second kappa shape index (κ2) is 8.45. The molecule has 0 unspecified atom stereocenters. The van der Waals surface area contributed by atoms with Crippen molar-refractivity contribution in [3.05, 3.63) is 47.0 Å². The zero-order valence-electron chi connectivity index (χ0n) is 14.9. The molecule has 0 aliphatic heterocycles. The lowest BCUT2D eigenvalue weighted by Crippen LogP contribution is -2.14. The minimum atomic E-state index is 0.657. The molecule has 0 heterocycles. The molecule has 128 valence electrons. The summed E-state index contributed by atoms with van der Waals surface area (Å²) >= 11 is 8.20. The summed E-state index contributed by atoms with van der Waals surface area (Å²) in [6.45, 7) is 5.08. The Morgan fingerprint density at radius 3 is 2.62 bits per heavy atom. The van der Waals surface area contributed by atoms with Crippen LogP contribution in [-0.4, -0.2) is 38.1 Å². The molecule has 0 aromatic heterocycles. The molecule has 0 spiro atoms. The fraction of sp³-hybridized carbons (Fsp3) is 0.316. The van der Waals surface area contributed by atoms with Crippen LogP contribution >= 0.6 is 23.4 Å². The first-order chi connectivity index (χ1) is 11.5. The topological polar surface area (TPSA) is 18.8 Å². The molecule has 0 bridgehead atoms. The summed E-state index contributed by atoms with van der Waals surface area (Å²) in [6, 6.07) is 12.5. The van der Waals surface area contributed by atoms with Gasteiger partial charge < -0.3 is 9.80 Å². The largest absolute Gasteiger partial charge is 0.366 e. The molecule has 5 heteroatoms. The zero-order valence-corrected chi connectivity index (χ0v) is 16.4. The van der Waals surface area contributed by atoms with Gasteiger partial charge in [-0.3, -0.25) is 0 Å². The van der Waals surface area contributed by atoms with Gasteiger partial charge in [0.25, 0.3) is 0 Å². The highest BCUT2D eigenvalue weighted by molar-refractivity contribution is 7.98. The summed E-state index contributed by atoms with van der Waals surface area (Å²) < 4.78 is 0. The van der Waals surface area contributed by atoms with E-state index >= 15 is 0 Å². The first-order valence-electron chi connectivity index (χ1n) is 7.88. The fourth-order valence-corrected chi connectivity index (χ4v) is 2.98. The molecular weight excluding hydrogens is 338 g/mol. The second-order valence-electron chi connectivity index (χ2n) is 5.67. The van der Waals surface area contributed by atoms with Crippen molar-refractivity contribution >= 4 is 46.8 Å². The maximum Gasteiger partial charge on any atom is 0.0910 e. The van der Waals surface area contributed by atoms with Crippen molar-refractivity contribution in [2.45, 2.75) is 18.7 Å². The van der Waals surface area contributed by atoms with Crippen molar-refractivity contribution in [2.75, 3.05) is 31.8 Å². The Morgan fingerprint density at radius 2 is 1.96 bits per heavy atom. The zero-order chi connectivity index (χ0) is 17.7. The Kier molecular flexibility index (Phi) is 6.58. The number of thioether (sulfide) groups is 1. The number of aryl methyl sites for hydroxylation is 1. The van der Waals surface area contributed by atoms with Gasteiger partial charge in [0, 0.05) is 36.9 Å². The third-order valence-corrected chi connectivity index (χ3v) is 4.99. The number of benzene rings is 2. The van der Waals surface area contributed by atoms with E-state index in [0.29, 0.717) is 5.02 Å². The lowest BCUT2D eigenvalue weighted by Gasteiger charge is -2.23. The Hall–Kier alpha value is -1.65. The van der Waals surface area contributed by atoms with Crippen LogP contribution in [0, 0.1) is 6.92 Å². The number of aliphatic imine (C=N–C) groups is 1. The van der Waals surface area contributed by atoms with E-state index in [-0.39, 0.29) is 0 Å². The summed E-state index contributed by atoms with van der Waals surface area (Å²) in [6.07, 6.45) is 3.90. The molecule has 2 aromatic rings. The summed E-state index contributed by atoms with van der Waals surface area (Å²) in [4.78, 5) is 9.90. The van der Waals surface area contributed by atoms with E-state index in [9.17, 15) is 0 Å². The van der Waals surface area contributed by atoms with Gasteiger partial charge in [0.1, 0.15) is 0 Å². The Labute approximate surface area is 154 Å². The van der Waals surface area contributed by atoms with Crippen LogP contribution in [0.2, 0.25) is 5.02 Å². The van der Waals surface area contributed by atoms with Crippen LogP contribution < -0.4 is 4.90 Å². The molecule has 0 atom stereocenters. The molecule has 3 nitrogen and oxygen atoms in total. The standard InChI is InChI=1S/C19H24ClN3S/c1-6-22(3)13-21-18-10-14(2)19(12-17(18)20)23(4)15-8-7-9-16(11-15)24-5/h7-13H,6H2,1-5H3/b21-13-. The van der Waals surface area contributed by atoms with Gasteiger partial charge in [0.2, 0.25) is 0 Å². The minimum Gasteiger partial charge on any atom is -0.366 e. The van der Waals surface area contributed by atoms with E-state index in [1.807, 2.05) is 30.4 Å². The molecule has 0 saturated carbocycles. The van der Waals surface area contributed by atoms with Crippen molar-refractivity contribution in [3.8, 4) is 0 Å². The summed E-state index contributed by atoms with van der Waals surface area (Å²) in [5, 5.41) is 0.657. The molecule has 2 aromatic carbocycles. The summed E-state index contributed by atoms with van der Waals surface area (Å²) in [5.41, 5.74) is 4.16. The van der Waals surface area contributed by atoms with Crippen molar-refractivity contribution in [2.24, 2.45) is 4.99 Å². The van der Waals surface area contributed by atoms with Crippen LogP contribution in [0.25, 0.3) is 0 Å². The van der Waals surface area contributed by atoms with Crippen LogP contribution in [0.3, 0.4) is 0 Å². The van der Waals surface area contributed by atoms with Gasteiger partial charge in [-0.1, -0.05) is 17.7 Å². The van der Waals surface area contributed by atoms with Crippen molar-refractivity contribution < 1.29 is 0 Å². The predicted molar refractivity (Wildman–Crippen MR) is 109 cm³/mol. The molecular formula is C19H24ClN3S. The Balaban J connectivity index is 2.34. The minimum absolute atomic E-state index is 0.657. The molecule has 2 rings (SSSR count). The molecule has 0 fully saturated rings. The van der Waals surface area contributed by atoms with Crippen molar-refractivity contribution in [3.63, 3.8) is 0 Å². The van der Waals surface area contributed by atoms with Crippen molar-refractivity contribution in [1.82, 2.24) is 4.90 Å². The van der Waals surface area contributed by atoms with Crippen molar-refractivity contribution in [1.29, 1.82) is 0 Å². The highest BCUT2D eigenvalue weighted by Gasteiger charge is 2.11. The normalized spacial score (nSPS) is 11.1. The molecule has 0 aliphatic rings. The summed E-state index contributed by atoms with van der Waals surface area (Å²) in [5.74, 6) is 0. The highest BCUT2D eigenvalue weighted by atomic mass is 35.5. The number of nitrogens with zero attached hydrogens (tertiary/aromatic N) is 3. The smallest absolute Gasteiger partial charge is 0.0910 e. The number of rotatable bonds is 6. The van der Waals surface area contributed by atoms with Gasteiger partial charge in [-0.15, -0.1) is 11.8 Å². The molecule has 0 N–H and O–H groups in total. The summed E-state index contributed by atoms with van der Waals surface area (Å²) in [7, 11) is 4.05. The van der Waals surface area contributed by atoms with E-state index in [2.05, 4.69) is 61.3 Å². The predicted octanol–water partition coefficient (Wildman–Crippen LogP) is 5.75. The number of anilines is 2. The fourth-order valence-electron chi connectivity index (χ4n) is 2.32. The maximum atomic E-state index is 6.46. The quantitative estimate of drug-likeness (QED) is 0.371. The van der Waals surface area contributed by atoms with Crippen LogP contribution in [0.4, 0.5) is 17.1 Å². The van der Waals surface area contributed by atoms with Crippen LogP contribution in [0.5, 0.6) is 0 Å². The molecule has 24 heavy (non-hydrogen) atoms. The van der Waals surface area contributed by atoms with Crippen LogP contribution in [0.1, 0.15) is 12.5 Å². The Bertz CT molecular complexity index is 731. The molecule has 0 amide bonds. The average Bonchev–Trinajstić information content (AvgIpc) is 2.61. The third-order valence-electron chi connectivity index (χ3n) is 3.96. The molecule has 0 aliphatic carbocycles. The van der Waals surface area contributed by atoms with Crippen LogP contribution in [0.15, 0.2) is 46.3 Å². The number of hydrogen-bond acceptors (Lipinski definition) is 3. The average molecular weight is 362 g/mol. The van der Waals surface area contributed by atoms with Gasteiger partial charge in [-0.05, 0) is 56.0 Å². The SMILES string of the molecule is CCN(C)/C=N\c1cc(C)c(N(C)c2cccc(SC)c2)cc1Cl. The van der Waals surface area contributed by atoms with Gasteiger partial charge in [0.15, 0.2) is 0 Å². The lowest BCUT2D eigenvalue weighted by atomic mass is 10.1. The van der Waals surface area contributed by atoms with Gasteiger partial charge in [0.05, 0.1) is 17.0 Å². The van der Waals surface area contributed by atoms with Gasteiger partial charge in [-0.25, -0.2) is 4.99 Å². The number of hydrogen-bond donors (Lipinski definition) is 0. The molecule has 0 saturated heterocycles. The second-order valence-corrected chi connectivity index (χ2v) is 6.96. The highest BCUT2D eigenvalue weighted by Crippen LogP contribution is 2.36. The lowest BCUT2D eigenvalue weighted by molar-refractivity contribution is 0.552. The van der Waals surface area contributed by atoms with E-state index < -0.39 is 0 Å². The third kappa shape index (κ3) is 4.46. The van der Waals surface area contributed by atoms with E-state index in [4.69, 9.17) is 11.6 Å². The first-order valence-corrected chi connectivity index (χ1v) is 9.49. The maximum absolute atomic E-state index is 6.46. The number of halogens is 1. The van der Waals surface area contributed by atoms with E-state index in [1.54, 1.807) is 11.8 Å². The Morgan fingerprint density at radius 1 is 1.21 bits per heavy atom. The van der Waals surface area contributed by atoms with Gasteiger partial charge in [-0.2, -0.15) is 0 Å². The van der Waals surface area contributed by atoms with E-state index in [1.165, 1.54) is 4.90 Å². The molecule has 0 radical (unpaired) electrons. The van der Waals surface area contributed by atoms with Gasteiger partial charge >= 0.3 is 0 Å². The first kappa shape index (κ1) is 18.7. The van der Waals surface area contributed by atoms with Crippen LogP contribution in [-0.2, 0) is 0 Å².